The third kappa shape index (κ3) is 3.49. The average Bonchev–Trinajstić information content (AvgIpc) is 2.87. The summed E-state index contributed by atoms with van der Waals surface area (Å²) >= 11 is 3.41. The maximum Gasteiger partial charge on any atom is 0.329 e. The van der Waals surface area contributed by atoms with E-state index < -0.39 is 0 Å². The Balaban J connectivity index is 1.63. The molecule has 0 atom stereocenters. The maximum atomic E-state index is 12.2. The first-order valence-corrected chi connectivity index (χ1v) is 9.03. The maximum absolute atomic E-state index is 12.2. The van der Waals surface area contributed by atoms with Crippen LogP contribution in [0, 0.1) is 0 Å². The number of imide groups is 1. The summed E-state index contributed by atoms with van der Waals surface area (Å²) in [5, 5.41) is 2.59. The van der Waals surface area contributed by atoms with E-state index in [1.807, 2.05) is 0 Å². The third-order valence-electron chi connectivity index (χ3n) is 4.65. The monoisotopic (exact) mass is 409 g/mol. The summed E-state index contributed by atoms with van der Waals surface area (Å²) in [6.07, 6.45) is 6.05. The van der Waals surface area contributed by atoms with Crippen LogP contribution in [0.4, 0.5) is 4.79 Å². The summed E-state index contributed by atoms with van der Waals surface area (Å²) in [5.41, 5.74) is 0.206. The number of ether oxygens (including phenoxy) is 1. The van der Waals surface area contributed by atoms with Crippen LogP contribution in [0.2, 0.25) is 0 Å². The van der Waals surface area contributed by atoms with Gasteiger partial charge in [0, 0.05) is 25.4 Å². The summed E-state index contributed by atoms with van der Waals surface area (Å²) in [4.78, 5) is 37.3. The molecule has 25 heavy (non-hydrogen) atoms. The van der Waals surface area contributed by atoms with Crippen LogP contribution in [0.1, 0.15) is 32.6 Å². The Morgan fingerprint density at radius 1 is 1.24 bits per heavy atom. The third-order valence-corrected chi connectivity index (χ3v) is 5.24. The molecule has 2 heterocycles. The van der Waals surface area contributed by atoms with Crippen LogP contribution in [-0.2, 0) is 11.8 Å². The normalized spacial score (nSPS) is 25.4. The highest BCUT2D eigenvalue weighted by molar-refractivity contribution is 9.10. The van der Waals surface area contributed by atoms with Crippen molar-refractivity contribution in [3.8, 4) is 5.75 Å². The van der Waals surface area contributed by atoms with E-state index in [9.17, 15) is 14.4 Å². The van der Waals surface area contributed by atoms with Crippen molar-refractivity contribution in [3.63, 3.8) is 0 Å². The van der Waals surface area contributed by atoms with Gasteiger partial charge in [-0.15, -0.1) is 0 Å². The molecule has 2 fully saturated rings. The highest BCUT2D eigenvalue weighted by Crippen LogP contribution is 2.31. The summed E-state index contributed by atoms with van der Waals surface area (Å²) < 4.78 is 8.16. The van der Waals surface area contributed by atoms with Crippen molar-refractivity contribution in [2.24, 2.45) is 7.05 Å². The molecular formula is C17H20BrN3O4. The Kier molecular flexibility index (Phi) is 4.99. The lowest BCUT2D eigenvalue weighted by Gasteiger charge is -2.32. The number of carbonyl (C=O) groups excluding carboxylic acids is 2. The highest BCUT2D eigenvalue weighted by atomic mass is 79.9. The minimum atomic E-state index is -0.350. The first-order valence-electron chi connectivity index (χ1n) is 8.24. The molecule has 0 bridgehead atoms. The zero-order chi connectivity index (χ0) is 18.1. The largest absolute Gasteiger partial charge is 0.489 e. The number of nitrogens with one attached hydrogen (secondary N) is 1. The lowest BCUT2D eigenvalue weighted by Crippen LogP contribution is -2.43. The van der Waals surface area contributed by atoms with Gasteiger partial charge < -0.3 is 14.6 Å². The number of rotatable bonds is 3. The highest BCUT2D eigenvalue weighted by Gasteiger charge is 2.40. The van der Waals surface area contributed by atoms with E-state index in [0.717, 1.165) is 4.47 Å². The molecule has 1 aliphatic carbocycles. The van der Waals surface area contributed by atoms with Crippen LogP contribution >= 0.6 is 15.9 Å². The van der Waals surface area contributed by atoms with Gasteiger partial charge in [-0.1, -0.05) is 6.08 Å². The van der Waals surface area contributed by atoms with Crippen molar-refractivity contribution in [1.29, 1.82) is 0 Å². The summed E-state index contributed by atoms with van der Waals surface area (Å²) in [6, 6.07) is 1.00. The van der Waals surface area contributed by atoms with Crippen molar-refractivity contribution in [1.82, 2.24) is 14.8 Å². The summed E-state index contributed by atoms with van der Waals surface area (Å²) in [5.74, 6) is 0.268. The van der Waals surface area contributed by atoms with Gasteiger partial charge in [-0.25, -0.2) is 4.79 Å². The van der Waals surface area contributed by atoms with E-state index >= 15 is 0 Å². The van der Waals surface area contributed by atoms with E-state index in [0.29, 0.717) is 37.1 Å². The number of allylic oxidation sites excluding steroid dienone is 1. The van der Waals surface area contributed by atoms with E-state index in [1.54, 1.807) is 26.2 Å². The number of urea groups is 1. The molecule has 1 aliphatic heterocycles. The van der Waals surface area contributed by atoms with Gasteiger partial charge in [0.05, 0.1) is 10.6 Å². The molecule has 0 spiro atoms. The molecule has 0 unspecified atom stereocenters. The molecule has 3 rings (SSSR count). The van der Waals surface area contributed by atoms with Gasteiger partial charge in [0.2, 0.25) is 0 Å². The first kappa shape index (κ1) is 17.7. The van der Waals surface area contributed by atoms with Crippen molar-refractivity contribution in [2.45, 2.75) is 44.8 Å². The molecule has 3 amide bonds. The molecule has 1 saturated carbocycles. The van der Waals surface area contributed by atoms with Crippen molar-refractivity contribution in [2.75, 3.05) is 0 Å². The van der Waals surface area contributed by atoms with Crippen molar-refractivity contribution >= 4 is 27.9 Å². The molecule has 1 N–H and O–H groups in total. The molecule has 7 nitrogen and oxygen atoms in total. The number of pyridine rings is 1. The number of halogens is 1. The quantitative estimate of drug-likeness (QED) is 0.613. The Morgan fingerprint density at radius 3 is 2.52 bits per heavy atom. The van der Waals surface area contributed by atoms with Gasteiger partial charge in [-0.05, 0) is 48.5 Å². The van der Waals surface area contributed by atoms with E-state index in [1.165, 1.54) is 15.5 Å². The van der Waals surface area contributed by atoms with Gasteiger partial charge in [0.25, 0.3) is 11.5 Å². The lowest BCUT2D eigenvalue weighted by molar-refractivity contribution is -0.125. The van der Waals surface area contributed by atoms with Gasteiger partial charge in [0.15, 0.2) is 0 Å². The smallest absolute Gasteiger partial charge is 0.329 e. The molecule has 1 saturated heterocycles. The number of aromatic nitrogens is 1. The van der Waals surface area contributed by atoms with Crippen molar-refractivity contribution in [3.05, 3.63) is 38.9 Å². The average molecular weight is 410 g/mol. The van der Waals surface area contributed by atoms with Crippen molar-refractivity contribution < 1.29 is 14.3 Å². The predicted octanol–water partition coefficient (Wildman–Crippen LogP) is 2.29. The molecule has 8 heteroatoms. The molecule has 1 aromatic heterocycles. The molecule has 2 aliphatic rings. The first-order chi connectivity index (χ1) is 11.9. The van der Waals surface area contributed by atoms with E-state index in [2.05, 4.69) is 21.2 Å². The second-order valence-corrected chi connectivity index (χ2v) is 7.15. The van der Waals surface area contributed by atoms with Crippen LogP contribution in [0.5, 0.6) is 5.75 Å². The van der Waals surface area contributed by atoms with Crippen LogP contribution in [0.15, 0.2) is 33.3 Å². The molecule has 134 valence electrons. The zero-order valence-electron chi connectivity index (χ0n) is 14.1. The van der Waals surface area contributed by atoms with E-state index in [4.69, 9.17) is 4.74 Å². The summed E-state index contributed by atoms with van der Waals surface area (Å²) in [7, 11) is 1.68. The van der Waals surface area contributed by atoms with Gasteiger partial charge in [-0.3, -0.25) is 14.5 Å². The number of nitrogens with zero attached hydrogens (tertiary/aromatic N) is 2. The minimum Gasteiger partial charge on any atom is -0.489 e. The van der Waals surface area contributed by atoms with Gasteiger partial charge in [-0.2, -0.15) is 0 Å². The number of hydrogen-bond acceptors (Lipinski definition) is 4. The minimum absolute atomic E-state index is 0.0402. The van der Waals surface area contributed by atoms with Gasteiger partial charge >= 0.3 is 6.03 Å². The number of hydrogen-bond donors (Lipinski definition) is 1. The number of aryl methyl sites for hydroxylation is 1. The Hall–Kier alpha value is -2.09. The fraction of sp³-hybridized carbons (Fsp3) is 0.471. The number of amides is 3. The number of carbonyl (C=O) groups is 2. The van der Waals surface area contributed by atoms with Gasteiger partial charge in [0.1, 0.15) is 11.4 Å². The topological polar surface area (TPSA) is 80.6 Å². The molecular weight excluding hydrogens is 390 g/mol. The van der Waals surface area contributed by atoms with Crippen LogP contribution in [0.3, 0.4) is 0 Å². The second kappa shape index (κ2) is 7.03. The fourth-order valence-electron chi connectivity index (χ4n) is 3.25. The zero-order valence-corrected chi connectivity index (χ0v) is 15.7. The standard InChI is InChI=1S/C17H20BrN3O4/c1-3-13-16(23)21(17(24)19-13)10-4-6-11(7-5-10)25-14-8-15(22)20(2)9-12(14)18/h3,8-11H,4-7H2,1-2H3,(H,19,24)/t10-,11-. The second-order valence-electron chi connectivity index (χ2n) is 6.29. The Bertz CT molecular complexity index is 794. The molecule has 1 aromatic rings. The Morgan fingerprint density at radius 2 is 1.92 bits per heavy atom. The van der Waals surface area contributed by atoms with E-state index in [-0.39, 0.29) is 29.6 Å². The van der Waals surface area contributed by atoms with Crippen LogP contribution in [-0.4, -0.2) is 33.6 Å². The molecule has 0 aromatic carbocycles. The molecule has 0 radical (unpaired) electrons. The van der Waals surface area contributed by atoms with Crippen LogP contribution < -0.4 is 15.6 Å². The predicted molar refractivity (Wildman–Crippen MR) is 95.2 cm³/mol. The van der Waals surface area contributed by atoms with Crippen LogP contribution in [0.25, 0.3) is 0 Å². The Labute approximate surface area is 153 Å². The summed E-state index contributed by atoms with van der Waals surface area (Å²) in [6.45, 7) is 1.73. The lowest BCUT2D eigenvalue weighted by atomic mass is 9.92. The fourth-order valence-corrected chi connectivity index (χ4v) is 3.76. The SMILES string of the molecule is CC=C1NC(=O)N([C@H]2CC[C@H](Oc3cc(=O)n(C)cc3Br)CC2)C1=O.